The normalized spacial score (nSPS) is 23.6. The van der Waals surface area contributed by atoms with Crippen LogP contribution in [0.15, 0.2) is 12.4 Å². The van der Waals surface area contributed by atoms with Gasteiger partial charge in [-0.2, -0.15) is 5.10 Å². The van der Waals surface area contributed by atoms with Crippen LogP contribution in [0.5, 0.6) is 0 Å². The summed E-state index contributed by atoms with van der Waals surface area (Å²) < 4.78 is 1.67. The Morgan fingerprint density at radius 3 is 2.95 bits per heavy atom. The SMILES string of the molecule is CCCNC1CCN(C(=O)c2cnn(C)c2)CC1C. The minimum absolute atomic E-state index is 0.105. The maximum absolute atomic E-state index is 12.3. The second-order valence-electron chi connectivity index (χ2n) is 5.48. The fourth-order valence-electron chi connectivity index (χ4n) is 2.68. The van der Waals surface area contributed by atoms with Crippen LogP contribution in [-0.2, 0) is 7.05 Å². The second-order valence-corrected chi connectivity index (χ2v) is 5.48. The minimum Gasteiger partial charge on any atom is -0.338 e. The van der Waals surface area contributed by atoms with E-state index in [1.54, 1.807) is 17.1 Å². The summed E-state index contributed by atoms with van der Waals surface area (Å²) in [5.74, 6) is 0.606. The molecule has 0 spiro atoms. The van der Waals surface area contributed by atoms with Gasteiger partial charge in [0, 0.05) is 32.4 Å². The van der Waals surface area contributed by atoms with E-state index in [1.807, 2.05) is 11.9 Å². The van der Waals surface area contributed by atoms with Crippen molar-refractivity contribution in [3.8, 4) is 0 Å². The molecule has 0 bridgehead atoms. The van der Waals surface area contributed by atoms with Gasteiger partial charge in [0.15, 0.2) is 0 Å². The number of aryl methyl sites for hydroxylation is 1. The van der Waals surface area contributed by atoms with Crippen molar-refractivity contribution in [1.82, 2.24) is 20.0 Å². The number of carbonyl (C=O) groups excluding carboxylic acids is 1. The highest BCUT2D eigenvalue weighted by Crippen LogP contribution is 2.18. The quantitative estimate of drug-likeness (QED) is 0.891. The first-order valence-corrected chi connectivity index (χ1v) is 7.13. The lowest BCUT2D eigenvalue weighted by molar-refractivity contribution is 0.0645. The molecule has 1 amide bonds. The van der Waals surface area contributed by atoms with Gasteiger partial charge < -0.3 is 10.2 Å². The molecule has 19 heavy (non-hydrogen) atoms. The van der Waals surface area contributed by atoms with Crippen molar-refractivity contribution in [1.29, 1.82) is 0 Å². The molecule has 2 atom stereocenters. The zero-order valence-corrected chi connectivity index (χ0v) is 12.1. The molecular formula is C14H24N4O. The molecule has 0 aliphatic carbocycles. The standard InChI is InChI=1S/C14H24N4O/c1-4-6-15-13-5-7-18(9-11(13)2)14(19)12-8-16-17(3)10-12/h8,10-11,13,15H,4-7,9H2,1-3H3. The second kappa shape index (κ2) is 6.19. The van der Waals surface area contributed by atoms with Crippen LogP contribution in [0, 0.1) is 5.92 Å². The predicted octanol–water partition coefficient (Wildman–Crippen LogP) is 1.27. The van der Waals surface area contributed by atoms with Crippen molar-refractivity contribution in [2.75, 3.05) is 19.6 Å². The number of nitrogens with one attached hydrogen (secondary N) is 1. The van der Waals surface area contributed by atoms with Gasteiger partial charge in [0.25, 0.3) is 5.91 Å². The van der Waals surface area contributed by atoms with E-state index in [-0.39, 0.29) is 5.91 Å². The first kappa shape index (κ1) is 14.1. The maximum atomic E-state index is 12.3. The zero-order valence-electron chi connectivity index (χ0n) is 12.1. The Morgan fingerprint density at radius 1 is 1.58 bits per heavy atom. The smallest absolute Gasteiger partial charge is 0.257 e. The third-order valence-corrected chi connectivity index (χ3v) is 3.80. The van der Waals surface area contributed by atoms with Crippen LogP contribution in [0.4, 0.5) is 0 Å². The molecular weight excluding hydrogens is 240 g/mol. The topological polar surface area (TPSA) is 50.2 Å². The number of aromatic nitrogens is 2. The molecule has 1 aromatic heterocycles. The first-order valence-electron chi connectivity index (χ1n) is 7.13. The highest BCUT2D eigenvalue weighted by atomic mass is 16.2. The molecule has 0 radical (unpaired) electrons. The largest absolute Gasteiger partial charge is 0.338 e. The van der Waals surface area contributed by atoms with Gasteiger partial charge in [-0.25, -0.2) is 0 Å². The summed E-state index contributed by atoms with van der Waals surface area (Å²) in [6.07, 6.45) is 5.62. The predicted molar refractivity (Wildman–Crippen MR) is 75.0 cm³/mol. The van der Waals surface area contributed by atoms with Crippen LogP contribution in [0.25, 0.3) is 0 Å². The number of nitrogens with zero attached hydrogens (tertiary/aromatic N) is 3. The summed E-state index contributed by atoms with van der Waals surface area (Å²) >= 11 is 0. The molecule has 5 heteroatoms. The lowest BCUT2D eigenvalue weighted by Gasteiger charge is -2.37. The van der Waals surface area contributed by atoms with E-state index in [0.717, 1.165) is 32.5 Å². The van der Waals surface area contributed by atoms with E-state index >= 15 is 0 Å². The average Bonchev–Trinajstić information content (AvgIpc) is 2.83. The molecule has 1 aliphatic rings. The van der Waals surface area contributed by atoms with Gasteiger partial charge in [-0.15, -0.1) is 0 Å². The molecule has 5 nitrogen and oxygen atoms in total. The number of hydrogen-bond donors (Lipinski definition) is 1. The van der Waals surface area contributed by atoms with Crippen molar-refractivity contribution >= 4 is 5.91 Å². The zero-order chi connectivity index (χ0) is 13.8. The molecule has 0 aromatic carbocycles. The van der Waals surface area contributed by atoms with Gasteiger partial charge >= 0.3 is 0 Å². The Bertz CT molecular complexity index is 429. The summed E-state index contributed by atoms with van der Waals surface area (Å²) in [6, 6.07) is 0.540. The number of carbonyl (C=O) groups is 1. The Kier molecular flexibility index (Phi) is 4.58. The Hall–Kier alpha value is -1.36. The highest BCUT2D eigenvalue weighted by molar-refractivity contribution is 5.93. The van der Waals surface area contributed by atoms with E-state index in [1.165, 1.54) is 0 Å². The summed E-state index contributed by atoms with van der Waals surface area (Å²) in [7, 11) is 1.83. The lowest BCUT2D eigenvalue weighted by atomic mass is 9.93. The van der Waals surface area contributed by atoms with Gasteiger partial charge in [-0.1, -0.05) is 13.8 Å². The fraction of sp³-hybridized carbons (Fsp3) is 0.714. The summed E-state index contributed by atoms with van der Waals surface area (Å²) in [5, 5.41) is 7.63. The van der Waals surface area contributed by atoms with Crippen LogP contribution < -0.4 is 5.32 Å². The Balaban J connectivity index is 1.92. The molecule has 1 N–H and O–H groups in total. The Labute approximate surface area is 115 Å². The van der Waals surface area contributed by atoms with E-state index in [0.29, 0.717) is 17.5 Å². The van der Waals surface area contributed by atoms with Gasteiger partial charge in [0.05, 0.1) is 11.8 Å². The van der Waals surface area contributed by atoms with Crippen molar-refractivity contribution in [3.63, 3.8) is 0 Å². The number of amides is 1. The van der Waals surface area contributed by atoms with Crippen molar-refractivity contribution in [2.24, 2.45) is 13.0 Å². The molecule has 106 valence electrons. The van der Waals surface area contributed by atoms with Gasteiger partial charge in [-0.3, -0.25) is 9.48 Å². The van der Waals surface area contributed by atoms with Crippen molar-refractivity contribution in [2.45, 2.75) is 32.7 Å². The first-order chi connectivity index (χ1) is 9.11. The van der Waals surface area contributed by atoms with Gasteiger partial charge in [0.2, 0.25) is 0 Å². The molecule has 1 saturated heterocycles. The van der Waals surface area contributed by atoms with Crippen LogP contribution in [0.1, 0.15) is 37.0 Å². The van der Waals surface area contributed by atoms with E-state index in [4.69, 9.17) is 0 Å². The summed E-state index contributed by atoms with van der Waals surface area (Å²) in [4.78, 5) is 14.3. The van der Waals surface area contributed by atoms with Crippen molar-refractivity contribution < 1.29 is 4.79 Å². The molecule has 2 unspecified atom stereocenters. The highest BCUT2D eigenvalue weighted by Gasteiger charge is 2.28. The van der Waals surface area contributed by atoms with Crippen LogP contribution in [-0.4, -0.2) is 46.3 Å². The average molecular weight is 264 g/mol. The molecule has 1 aliphatic heterocycles. The summed E-state index contributed by atoms with van der Waals surface area (Å²) in [5.41, 5.74) is 0.690. The third-order valence-electron chi connectivity index (χ3n) is 3.80. The van der Waals surface area contributed by atoms with E-state index < -0.39 is 0 Å². The van der Waals surface area contributed by atoms with Crippen LogP contribution in [0.2, 0.25) is 0 Å². The summed E-state index contributed by atoms with van der Waals surface area (Å²) in [6.45, 7) is 7.12. The molecule has 0 saturated carbocycles. The van der Waals surface area contributed by atoms with Crippen molar-refractivity contribution in [3.05, 3.63) is 18.0 Å². The number of rotatable bonds is 4. The lowest BCUT2D eigenvalue weighted by Crippen LogP contribution is -2.50. The number of likely N-dealkylation sites (tertiary alicyclic amines) is 1. The molecule has 2 heterocycles. The monoisotopic (exact) mass is 264 g/mol. The van der Waals surface area contributed by atoms with Crippen LogP contribution in [0.3, 0.4) is 0 Å². The third kappa shape index (κ3) is 3.35. The molecule has 1 fully saturated rings. The number of hydrogen-bond acceptors (Lipinski definition) is 3. The number of piperidine rings is 1. The van der Waals surface area contributed by atoms with Crippen LogP contribution >= 0.6 is 0 Å². The minimum atomic E-state index is 0.105. The van der Waals surface area contributed by atoms with E-state index in [9.17, 15) is 4.79 Å². The molecule has 2 rings (SSSR count). The van der Waals surface area contributed by atoms with Gasteiger partial charge in [-0.05, 0) is 25.3 Å². The fourth-order valence-corrected chi connectivity index (χ4v) is 2.68. The maximum Gasteiger partial charge on any atom is 0.257 e. The molecule has 1 aromatic rings. The van der Waals surface area contributed by atoms with Gasteiger partial charge in [0.1, 0.15) is 0 Å². The Morgan fingerprint density at radius 2 is 2.37 bits per heavy atom. The van der Waals surface area contributed by atoms with E-state index in [2.05, 4.69) is 24.3 Å².